The largest absolute Gasteiger partial charge is 0.469 e. The van der Waals surface area contributed by atoms with Crippen LogP contribution in [0.15, 0.2) is 64.0 Å². The molecule has 1 aromatic heterocycles. The number of carbonyl (C=O) groups excluding carboxylic acids is 1. The van der Waals surface area contributed by atoms with E-state index in [1.54, 1.807) is 6.20 Å². The summed E-state index contributed by atoms with van der Waals surface area (Å²) >= 11 is 2.80. The van der Waals surface area contributed by atoms with Gasteiger partial charge in [0.1, 0.15) is 5.75 Å². The lowest BCUT2D eigenvalue weighted by Crippen LogP contribution is -2.04. The highest BCUT2D eigenvalue weighted by molar-refractivity contribution is 8.16. The lowest BCUT2D eigenvalue weighted by atomic mass is 10.3. The molecule has 0 bridgehead atoms. The van der Waals surface area contributed by atoms with Crippen LogP contribution in [-0.4, -0.2) is 29.0 Å². The first kappa shape index (κ1) is 20.9. The van der Waals surface area contributed by atoms with Crippen molar-refractivity contribution in [2.75, 3.05) is 12.9 Å². The van der Waals surface area contributed by atoms with Crippen LogP contribution < -0.4 is 10.5 Å². The minimum Gasteiger partial charge on any atom is -0.469 e. The van der Waals surface area contributed by atoms with Gasteiger partial charge in [-0.1, -0.05) is 36.0 Å². The van der Waals surface area contributed by atoms with E-state index in [-0.39, 0.29) is 5.97 Å². The van der Waals surface area contributed by atoms with Gasteiger partial charge in [0, 0.05) is 16.8 Å². The number of hydrogen-bond acceptors (Lipinski definition) is 7. The Balaban J connectivity index is 2.22. The highest BCUT2D eigenvalue weighted by Gasteiger charge is 2.10. The molecule has 8 heteroatoms. The fraction of sp³-hybridized carbons (Fsp3) is 0.211. The Morgan fingerprint density at radius 3 is 2.81 bits per heavy atom. The van der Waals surface area contributed by atoms with Gasteiger partial charge in [-0.3, -0.25) is 4.79 Å². The number of amidine groups is 1. The van der Waals surface area contributed by atoms with E-state index >= 15 is 0 Å². The first-order valence-corrected chi connectivity index (χ1v) is 10.0. The molecular weight excluding hydrogens is 382 g/mol. The van der Waals surface area contributed by atoms with Crippen molar-refractivity contribution < 1.29 is 14.3 Å². The van der Waals surface area contributed by atoms with E-state index in [0.29, 0.717) is 34.7 Å². The van der Waals surface area contributed by atoms with Gasteiger partial charge in [0.25, 0.3) is 0 Å². The van der Waals surface area contributed by atoms with Crippen LogP contribution in [-0.2, 0) is 9.53 Å². The third-order valence-corrected chi connectivity index (χ3v) is 4.83. The minimum absolute atomic E-state index is 0.244. The van der Waals surface area contributed by atoms with Crippen LogP contribution in [0.4, 0.5) is 5.82 Å². The summed E-state index contributed by atoms with van der Waals surface area (Å²) in [6, 6.07) is 11.2. The second-order valence-corrected chi connectivity index (χ2v) is 7.21. The summed E-state index contributed by atoms with van der Waals surface area (Å²) in [4.78, 5) is 20.8. The molecule has 0 amide bonds. The Labute approximate surface area is 167 Å². The van der Waals surface area contributed by atoms with Gasteiger partial charge in [-0.2, -0.15) is 0 Å². The molecule has 0 aliphatic rings. The van der Waals surface area contributed by atoms with E-state index in [2.05, 4.69) is 14.7 Å². The lowest BCUT2D eigenvalue weighted by Gasteiger charge is -2.10. The number of esters is 1. The fourth-order valence-corrected chi connectivity index (χ4v) is 3.13. The standard InChI is InChI=1S/C19H21N3O3S2/c1-3-10-27-19(20)22-18-16(25-14-7-5-4-6-8-14)12-15(13-21-18)26-11-9-17(23)24-2/h3-8,10,12-13H,9,11H2,1-2H3,(H2,20,21,22)/b10-3+. The quantitative estimate of drug-likeness (QED) is 0.295. The van der Waals surface area contributed by atoms with Gasteiger partial charge in [0.15, 0.2) is 16.7 Å². The summed E-state index contributed by atoms with van der Waals surface area (Å²) < 4.78 is 10.6. The molecule has 0 aliphatic heterocycles. The summed E-state index contributed by atoms with van der Waals surface area (Å²) in [5.41, 5.74) is 5.93. The Kier molecular flexibility index (Phi) is 8.73. The summed E-state index contributed by atoms with van der Waals surface area (Å²) in [6.07, 6.45) is 3.89. The molecule has 0 spiro atoms. The molecule has 142 valence electrons. The number of benzene rings is 1. The van der Waals surface area contributed by atoms with Crippen LogP contribution in [0, 0.1) is 0 Å². The van der Waals surface area contributed by atoms with Gasteiger partial charge in [-0.25, -0.2) is 9.98 Å². The predicted molar refractivity (Wildman–Crippen MR) is 112 cm³/mol. The SMILES string of the molecule is C/C=C/S/C(N)=N\c1ncc(SCCC(=O)OC)cc1Oc1ccccc1. The monoisotopic (exact) mass is 403 g/mol. The molecule has 0 fully saturated rings. The zero-order valence-corrected chi connectivity index (χ0v) is 16.8. The molecule has 2 rings (SSSR count). The molecule has 0 unspecified atom stereocenters. The van der Waals surface area contributed by atoms with E-state index in [9.17, 15) is 4.79 Å². The predicted octanol–water partition coefficient (Wildman–Crippen LogP) is 4.74. The lowest BCUT2D eigenvalue weighted by molar-refractivity contribution is -0.140. The van der Waals surface area contributed by atoms with Crippen molar-refractivity contribution >= 4 is 40.5 Å². The maximum Gasteiger partial charge on any atom is 0.306 e. The first-order chi connectivity index (χ1) is 13.1. The molecule has 1 heterocycles. The number of thioether (sulfide) groups is 2. The van der Waals surface area contributed by atoms with Gasteiger partial charge in [-0.15, -0.1) is 11.8 Å². The number of rotatable bonds is 8. The van der Waals surface area contributed by atoms with E-state index in [1.165, 1.54) is 30.6 Å². The van der Waals surface area contributed by atoms with Crippen LogP contribution in [0.3, 0.4) is 0 Å². The van der Waals surface area contributed by atoms with Gasteiger partial charge < -0.3 is 15.2 Å². The van der Waals surface area contributed by atoms with Crippen molar-refractivity contribution in [3.05, 3.63) is 54.1 Å². The zero-order valence-electron chi connectivity index (χ0n) is 15.1. The fourth-order valence-electron chi connectivity index (χ4n) is 1.90. The normalized spacial score (nSPS) is 11.6. The Bertz CT molecular complexity index is 811. The van der Waals surface area contributed by atoms with E-state index in [1.807, 2.05) is 54.8 Å². The van der Waals surface area contributed by atoms with E-state index in [0.717, 1.165) is 4.90 Å². The van der Waals surface area contributed by atoms with E-state index < -0.39 is 0 Å². The number of ether oxygens (including phenoxy) is 2. The third-order valence-electron chi connectivity index (χ3n) is 3.12. The minimum atomic E-state index is -0.244. The van der Waals surface area contributed by atoms with E-state index in [4.69, 9.17) is 10.5 Å². The number of aromatic nitrogens is 1. The maximum atomic E-state index is 11.3. The Hall–Kier alpha value is -2.45. The zero-order chi connectivity index (χ0) is 19.5. The summed E-state index contributed by atoms with van der Waals surface area (Å²) in [7, 11) is 1.38. The molecule has 2 N–H and O–H groups in total. The number of allylic oxidation sites excluding steroid dienone is 1. The van der Waals surface area contributed by atoms with Crippen molar-refractivity contribution in [3.63, 3.8) is 0 Å². The molecule has 0 saturated heterocycles. The van der Waals surface area contributed by atoms with Crippen molar-refractivity contribution in [2.24, 2.45) is 10.7 Å². The third kappa shape index (κ3) is 7.36. The van der Waals surface area contributed by atoms with Crippen LogP contribution >= 0.6 is 23.5 Å². The number of methoxy groups -OCH3 is 1. The number of carbonyl (C=O) groups is 1. The molecule has 2 aromatic rings. The Morgan fingerprint density at radius 1 is 1.33 bits per heavy atom. The highest BCUT2D eigenvalue weighted by atomic mass is 32.2. The number of nitrogens with two attached hydrogens (primary N) is 1. The van der Waals surface area contributed by atoms with Crippen LogP contribution in [0.2, 0.25) is 0 Å². The van der Waals surface area contributed by atoms with Crippen molar-refractivity contribution in [1.82, 2.24) is 4.98 Å². The number of hydrogen-bond donors (Lipinski definition) is 1. The molecule has 0 aliphatic carbocycles. The smallest absolute Gasteiger partial charge is 0.306 e. The van der Waals surface area contributed by atoms with Crippen molar-refractivity contribution in [1.29, 1.82) is 0 Å². The van der Waals surface area contributed by atoms with Gasteiger partial charge in [0.05, 0.1) is 13.5 Å². The molecule has 0 radical (unpaired) electrons. The summed E-state index contributed by atoms with van der Waals surface area (Å²) in [6.45, 7) is 1.91. The second-order valence-electron chi connectivity index (χ2n) is 5.12. The first-order valence-electron chi connectivity index (χ1n) is 8.17. The molecule has 0 saturated carbocycles. The molecule has 6 nitrogen and oxygen atoms in total. The number of pyridine rings is 1. The van der Waals surface area contributed by atoms with Gasteiger partial charge in [-0.05, 0) is 30.5 Å². The molecule has 1 aromatic carbocycles. The number of para-hydroxylation sites is 1. The van der Waals surface area contributed by atoms with Crippen LogP contribution in [0.25, 0.3) is 0 Å². The average molecular weight is 404 g/mol. The maximum absolute atomic E-state index is 11.3. The van der Waals surface area contributed by atoms with Crippen molar-refractivity contribution in [2.45, 2.75) is 18.2 Å². The van der Waals surface area contributed by atoms with Crippen molar-refractivity contribution in [3.8, 4) is 11.5 Å². The number of nitrogens with zero attached hydrogens (tertiary/aromatic N) is 2. The van der Waals surface area contributed by atoms with Gasteiger partial charge >= 0.3 is 5.97 Å². The molecule has 0 atom stereocenters. The highest BCUT2D eigenvalue weighted by Crippen LogP contribution is 2.34. The van der Waals surface area contributed by atoms with Crippen LogP contribution in [0.1, 0.15) is 13.3 Å². The second kappa shape index (κ2) is 11.3. The summed E-state index contributed by atoms with van der Waals surface area (Å²) in [5.74, 6) is 1.90. The summed E-state index contributed by atoms with van der Waals surface area (Å²) in [5, 5.41) is 2.21. The molecular formula is C19H21N3O3S2. The Morgan fingerprint density at radius 2 is 2.11 bits per heavy atom. The molecule has 27 heavy (non-hydrogen) atoms. The average Bonchev–Trinajstić information content (AvgIpc) is 2.69. The van der Waals surface area contributed by atoms with Crippen LogP contribution in [0.5, 0.6) is 11.5 Å². The van der Waals surface area contributed by atoms with Gasteiger partial charge in [0.2, 0.25) is 0 Å². The number of aliphatic imine (C=N–C) groups is 1. The topological polar surface area (TPSA) is 86.8 Å².